The van der Waals surface area contributed by atoms with Gasteiger partial charge >= 0.3 is 17.9 Å². The van der Waals surface area contributed by atoms with Crippen LogP contribution >= 0.6 is 0 Å². The number of nitrogens with zero attached hydrogens (tertiary/aromatic N) is 2. The topological polar surface area (TPSA) is 102 Å². The molecule has 3 rings (SSSR count). The van der Waals surface area contributed by atoms with Crippen molar-refractivity contribution in [2.24, 2.45) is 11.8 Å². The highest BCUT2D eigenvalue weighted by atomic mass is 16.6. The van der Waals surface area contributed by atoms with E-state index in [0.29, 0.717) is 25.9 Å². The van der Waals surface area contributed by atoms with E-state index in [1.807, 2.05) is 0 Å². The molecule has 0 spiro atoms. The molecular formula is C45H68N2O7. The number of ether oxygens (including phenoxy) is 3. The van der Waals surface area contributed by atoms with Gasteiger partial charge in [-0.05, 0) is 124 Å². The van der Waals surface area contributed by atoms with Crippen molar-refractivity contribution in [3.05, 3.63) is 46.6 Å². The second-order valence-electron chi connectivity index (χ2n) is 15.6. The number of esters is 3. The fourth-order valence-electron chi connectivity index (χ4n) is 7.09. The first kappa shape index (κ1) is 44.9. The SMILES string of the molecule is CC(C)=CCCC1=CCC(C(=O)OCCC#CC(=O)CCN(CCC(=O)OCCOC(=O)C2CC=C(CCC=C(C)C)CC2)CCN2CCCCC2)CC1. The second kappa shape index (κ2) is 26.3. The number of hydrogen-bond acceptors (Lipinski definition) is 9. The van der Waals surface area contributed by atoms with Crippen LogP contribution in [0.1, 0.15) is 130 Å². The Labute approximate surface area is 326 Å². The van der Waals surface area contributed by atoms with Crippen molar-refractivity contribution in [3.8, 4) is 11.8 Å². The Morgan fingerprint density at radius 3 is 1.85 bits per heavy atom. The first-order valence-electron chi connectivity index (χ1n) is 20.7. The largest absolute Gasteiger partial charge is 0.464 e. The highest BCUT2D eigenvalue weighted by Crippen LogP contribution is 2.28. The standard InChI is InChI=1S/C45H68N2O7/c1-36(2)12-10-14-38-17-21-40(22-18-38)44(50)53-33-9-6-16-42(48)25-29-47(32-31-46-27-7-5-8-28-46)30-26-43(49)52-34-35-54-45(51)41-23-19-39(20-24-41)15-11-13-37(3)4/h12-13,17,19,40-41H,5,7-11,14-15,18,20-35H2,1-4H3. The van der Waals surface area contributed by atoms with Crippen molar-refractivity contribution in [1.29, 1.82) is 0 Å². The number of rotatable bonds is 22. The summed E-state index contributed by atoms with van der Waals surface area (Å²) >= 11 is 0. The molecule has 1 heterocycles. The van der Waals surface area contributed by atoms with Gasteiger partial charge in [0.15, 0.2) is 0 Å². The minimum absolute atomic E-state index is 0.0355. The third-order valence-electron chi connectivity index (χ3n) is 10.5. The van der Waals surface area contributed by atoms with Crippen LogP contribution < -0.4 is 0 Å². The van der Waals surface area contributed by atoms with Crippen LogP contribution in [0.15, 0.2) is 46.6 Å². The predicted octanol–water partition coefficient (Wildman–Crippen LogP) is 8.09. The highest BCUT2D eigenvalue weighted by molar-refractivity contribution is 5.95. The lowest BCUT2D eigenvalue weighted by atomic mass is 9.88. The monoisotopic (exact) mass is 749 g/mol. The molecule has 3 aliphatic rings. The zero-order chi connectivity index (χ0) is 39.0. The Balaban J connectivity index is 1.32. The van der Waals surface area contributed by atoms with Crippen LogP contribution in [0.3, 0.4) is 0 Å². The zero-order valence-electron chi connectivity index (χ0n) is 33.9. The summed E-state index contributed by atoms with van der Waals surface area (Å²) in [5, 5.41) is 0. The van der Waals surface area contributed by atoms with E-state index in [1.165, 1.54) is 41.6 Å². The van der Waals surface area contributed by atoms with E-state index >= 15 is 0 Å². The molecule has 0 N–H and O–H groups in total. The maximum atomic E-state index is 12.6. The highest BCUT2D eigenvalue weighted by Gasteiger charge is 2.24. The molecule has 0 aromatic carbocycles. The molecule has 0 aromatic rings. The molecule has 0 saturated carbocycles. The number of carbonyl (C=O) groups is 4. The lowest BCUT2D eigenvalue weighted by Gasteiger charge is -2.29. The van der Waals surface area contributed by atoms with E-state index in [1.54, 1.807) is 0 Å². The Bertz CT molecular complexity index is 1380. The maximum absolute atomic E-state index is 12.6. The van der Waals surface area contributed by atoms with Gasteiger partial charge in [-0.1, -0.05) is 58.9 Å². The van der Waals surface area contributed by atoms with Crippen LogP contribution in [0.2, 0.25) is 0 Å². The number of allylic oxidation sites excluding steroid dienone is 8. The minimum Gasteiger partial charge on any atom is -0.464 e. The second-order valence-corrected chi connectivity index (χ2v) is 15.6. The van der Waals surface area contributed by atoms with Crippen molar-refractivity contribution < 1.29 is 33.4 Å². The van der Waals surface area contributed by atoms with Crippen molar-refractivity contribution in [1.82, 2.24) is 9.80 Å². The molecule has 0 amide bonds. The van der Waals surface area contributed by atoms with Crippen molar-refractivity contribution in [3.63, 3.8) is 0 Å². The van der Waals surface area contributed by atoms with Crippen LogP contribution in [-0.4, -0.2) is 92.6 Å². The molecule has 2 atom stereocenters. The summed E-state index contributed by atoms with van der Waals surface area (Å²) in [4.78, 5) is 54.9. The molecule has 9 nitrogen and oxygen atoms in total. The van der Waals surface area contributed by atoms with Crippen LogP contribution in [0, 0.1) is 23.7 Å². The molecule has 1 fully saturated rings. The zero-order valence-corrected chi connectivity index (χ0v) is 33.9. The van der Waals surface area contributed by atoms with Gasteiger partial charge in [0.05, 0.1) is 18.3 Å². The molecule has 0 aromatic heterocycles. The van der Waals surface area contributed by atoms with Gasteiger partial charge in [-0.25, -0.2) is 0 Å². The van der Waals surface area contributed by atoms with Gasteiger partial charge in [-0.2, -0.15) is 0 Å². The van der Waals surface area contributed by atoms with Gasteiger partial charge in [0.25, 0.3) is 0 Å². The van der Waals surface area contributed by atoms with Crippen LogP contribution in [0.4, 0.5) is 0 Å². The Kier molecular flexibility index (Phi) is 21.9. The molecule has 0 bridgehead atoms. The van der Waals surface area contributed by atoms with E-state index in [4.69, 9.17) is 14.2 Å². The Morgan fingerprint density at radius 1 is 0.741 bits per heavy atom. The third kappa shape index (κ3) is 19.7. The van der Waals surface area contributed by atoms with Crippen LogP contribution in [-0.2, 0) is 33.4 Å². The van der Waals surface area contributed by atoms with Crippen molar-refractivity contribution in [2.45, 2.75) is 130 Å². The van der Waals surface area contributed by atoms with Gasteiger partial charge in [-0.3, -0.25) is 19.2 Å². The summed E-state index contributed by atoms with van der Waals surface area (Å²) in [7, 11) is 0. The molecule has 2 aliphatic carbocycles. The summed E-state index contributed by atoms with van der Waals surface area (Å²) in [5.41, 5.74) is 5.50. The van der Waals surface area contributed by atoms with Gasteiger partial charge in [0.1, 0.15) is 19.8 Å². The average molecular weight is 749 g/mol. The minimum atomic E-state index is -0.347. The number of hydrogen-bond donors (Lipinski definition) is 0. The first-order chi connectivity index (χ1) is 26.1. The maximum Gasteiger partial charge on any atom is 0.309 e. The van der Waals surface area contributed by atoms with E-state index in [-0.39, 0.29) is 68.2 Å². The van der Waals surface area contributed by atoms with Gasteiger partial charge in [0, 0.05) is 39.0 Å². The number of likely N-dealkylation sites (tertiary alicyclic amines) is 1. The predicted molar refractivity (Wildman–Crippen MR) is 214 cm³/mol. The van der Waals surface area contributed by atoms with E-state index in [2.05, 4.69) is 73.6 Å². The third-order valence-corrected chi connectivity index (χ3v) is 10.5. The molecule has 2 unspecified atom stereocenters. The quantitative estimate of drug-likeness (QED) is 0.0272. The molecular weight excluding hydrogens is 681 g/mol. The number of ketones is 1. The van der Waals surface area contributed by atoms with Crippen molar-refractivity contribution in [2.75, 3.05) is 59.1 Å². The fourth-order valence-corrected chi connectivity index (χ4v) is 7.09. The van der Waals surface area contributed by atoms with Gasteiger partial charge in [-0.15, -0.1) is 0 Å². The molecule has 1 saturated heterocycles. The average Bonchev–Trinajstić information content (AvgIpc) is 3.16. The number of carbonyl (C=O) groups excluding carboxylic acids is 4. The van der Waals surface area contributed by atoms with E-state index in [0.717, 1.165) is 84.0 Å². The first-order valence-corrected chi connectivity index (χ1v) is 20.7. The van der Waals surface area contributed by atoms with Crippen molar-refractivity contribution >= 4 is 23.7 Å². The van der Waals surface area contributed by atoms with E-state index < -0.39 is 0 Å². The normalized spacial score (nSPS) is 18.7. The fraction of sp³-hybridized carbons (Fsp3) is 0.689. The summed E-state index contributed by atoms with van der Waals surface area (Å²) in [6.07, 6.45) is 22.4. The summed E-state index contributed by atoms with van der Waals surface area (Å²) in [6.45, 7) is 13.5. The van der Waals surface area contributed by atoms with E-state index in [9.17, 15) is 19.2 Å². The summed E-state index contributed by atoms with van der Waals surface area (Å²) in [6, 6.07) is 0. The Hall–Kier alpha value is -3.48. The van der Waals surface area contributed by atoms with Crippen LogP contribution in [0.5, 0.6) is 0 Å². The molecule has 1 aliphatic heterocycles. The van der Waals surface area contributed by atoms with Gasteiger partial charge < -0.3 is 24.0 Å². The van der Waals surface area contributed by atoms with Crippen LogP contribution in [0.25, 0.3) is 0 Å². The number of piperidine rings is 1. The van der Waals surface area contributed by atoms with Gasteiger partial charge in [0.2, 0.25) is 5.78 Å². The molecule has 54 heavy (non-hydrogen) atoms. The lowest BCUT2D eigenvalue weighted by Crippen LogP contribution is -2.39. The summed E-state index contributed by atoms with van der Waals surface area (Å²) < 4.78 is 16.3. The summed E-state index contributed by atoms with van der Waals surface area (Å²) in [5.74, 6) is 4.44. The molecule has 9 heteroatoms. The molecule has 0 radical (unpaired) electrons. The molecule has 300 valence electrons. The Morgan fingerprint density at radius 2 is 1.30 bits per heavy atom. The lowest BCUT2D eigenvalue weighted by molar-refractivity contribution is -0.155. The smallest absolute Gasteiger partial charge is 0.309 e. The number of Topliss-reactive ketones (excluding diaryl/α,β-unsaturated/α-hetero) is 1.